The zero-order valence-corrected chi connectivity index (χ0v) is 10.9. The fourth-order valence-electron chi connectivity index (χ4n) is 1.19. The molecule has 0 aliphatic carbocycles. The molecule has 5 heteroatoms. The first-order valence-corrected chi connectivity index (χ1v) is 6.27. The minimum absolute atomic E-state index is 0.0640. The van der Waals surface area contributed by atoms with Gasteiger partial charge in [0.15, 0.2) is 0 Å². The molecule has 0 saturated heterocycles. The molecule has 0 heterocycles. The Balaban J connectivity index is 2.53. The molecule has 16 heavy (non-hydrogen) atoms. The zero-order valence-electron chi connectivity index (χ0n) is 8.60. The minimum Gasteiger partial charge on any atom is -0.352 e. The van der Waals surface area contributed by atoms with E-state index in [0.29, 0.717) is 16.9 Å². The van der Waals surface area contributed by atoms with E-state index in [2.05, 4.69) is 21.2 Å². The highest BCUT2D eigenvalue weighted by molar-refractivity contribution is 9.10. The molecule has 1 rings (SSSR count). The van der Waals surface area contributed by atoms with E-state index < -0.39 is 5.82 Å². The van der Waals surface area contributed by atoms with Gasteiger partial charge in [0.05, 0.1) is 5.56 Å². The molecule has 0 fully saturated rings. The third kappa shape index (κ3) is 4.10. The second kappa shape index (κ2) is 6.86. The maximum atomic E-state index is 13.4. The van der Waals surface area contributed by atoms with E-state index in [4.69, 9.17) is 11.6 Å². The van der Waals surface area contributed by atoms with Gasteiger partial charge in [-0.05, 0) is 31.0 Å². The van der Waals surface area contributed by atoms with Crippen molar-refractivity contribution in [2.75, 3.05) is 12.4 Å². The molecule has 0 aliphatic rings. The predicted octanol–water partition coefficient (Wildman–Crippen LogP) is 3.34. The zero-order chi connectivity index (χ0) is 12.0. The Kier molecular flexibility index (Phi) is 5.77. The van der Waals surface area contributed by atoms with Crippen molar-refractivity contribution in [2.45, 2.75) is 12.8 Å². The highest BCUT2D eigenvalue weighted by Gasteiger charge is 2.10. The molecule has 0 bridgehead atoms. The number of hydrogen-bond acceptors (Lipinski definition) is 1. The average Bonchev–Trinajstić information content (AvgIpc) is 2.24. The summed E-state index contributed by atoms with van der Waals surface area (Å²) in [7, 11) is 0. The number of carbonyl (C=O) groups is 1. The summed E-state index contributed by atoms with van der Waals surface area (Å²) in [4.78, 5) is 11.5. The van der Waals surface area contributed by atoms with Crippen molar-refractivity contribution in [2.24, 2.45) is 0 Å². The Morgan fingerprint density at radius 2 is 2.19 bits per heavy atom. The van der Waals surface area contributed by atoms with E-state index in [0.717, 1.165) is 12.8 Å². The van der Waals surface area contributed by atoms with Crippen LogP contribution in [0.25, 0.3) is 0 Å². The normalized spacial score (nSPS) is 10.2. The number of alkyl halides is 1. The fourth-order valence-corrected chi connectivity index (χ4v) is 1.71. The Labute approximate surface area is 107 Å². The molecule has 1 aromatic rings. The second-order valence-electron chi connectivity index (χ2n) is 3.28. The van der Waals surface area contributed by atoms with Gasteiger partial charge in [-0.1, -0.05) is 15.9 Å². The van der Waals surface area contributed by atoms with E-state index in [9.17, 15) is 9.18 Å². The Morgan fingerprint density at radius 1 is 1.44 bits per heavy atom. The summed E-state index contributed by atoms with van der Waals surface area (Å²) in [6.45, 7) is 0.515. The molecule has 88 valence electrons. The van der Waals surface area contributed by atoms with Crippen molar-refractivity contribution >= 4 is 33.4 Å². The average molecular weight is 309 g/mol. The van der Waals surface area contributed by atoms with Gasteiger partial charge in [0.2, 0.25) is 0 Å². The van der Waals surface area contributed by atoms with Crippen molar-refractivity contribution < 1.29 is 9.18 Å². The maximum Gasteiger partial charge on any atom is 0.254 e. The molecule has 1 N–H and O–H groups in total. The number of benzene rings is 1. The number of unbranched alkanes of at least 4 members (excludes halogenated alkanes) is 1. The Morgan fingerprint density at radius 3 is 2.81 bits per heavy atom. The molecule has 0 aromatic heterocycles. The SMILES string of the molecule is O=C(NCCCCCl)c1ccc(Br)cc1F. The van der Waals surface area contributed by atoms with Crippen LogP contribution in [0.15, 0.2) is 22.7 Å². The number of halogens is 3. The molecular weight excluding hydrogens is 296 g/mol. The lowest BCUT2D eigenvalue weighted by atomic mass is 10.2. The van der Waals surface area contributed by atoms with Crippen LogP contribution >= 0.6 is 27.5 Å². The molecule has 1 amide bonds. The van der Waals surface area contributed by atoms with Crippen LogP contribution in [-0.4, -0.2) is 18.3 Å². The standard InChI is InChI=1S/C11H12BrClFNO/c12-8-3-4-9(10(14)7-8)11(16)15-6-2-1-5-13/h3-4,7H,1-2,5-6H2,(H,15,16). The molecule has 0 radical (unpaired) electrons. The van der Waals surface area contributed by atoms with Crippen LogP contribution in [0.5, 0.6) is 0 Å². The van der Waals surface area contributed by atoms with Crippen LogP contribution in [0, 0.1) is 5.82 Å². The van der Waals surface area contributed by atoms with Crippen molar-refractivity contribution in [3.05, 3.63) is 34.1 Å². The molecule has 0 atom stereocenters. The van der Waals surface area contributed by atoms with Crippen LogP contribution in [0.3, 0.4) is 0 Å². The molecule has 0 spiro atoms. The van der Waals surface area contributed by atoms with Gasteiger partial charge < -0.3 is 5.32 Å². The number of nitrogens with one attached hydrogen (secondary N) is 1. The third-order valence-corrected chi connectivity index (χ3v) is 2.78. The lowest BCUT2D eigenvalue weighted by molar-refractivity contribution is 0.0949. The molecule has 2 nitrogen and oxygen atoms in total. The van der Waals surface area contributed by atoms with Crippen LogP contribution in [0.2, 0.25) is 0 Å². The molecule has 1 aromatic carbocycles. The highest BCUT2D eigenvalue weighted by atomic mass is 79.9. The first-order chi connectivity index (χ1) is 7.65. The molecular formula is C11H12BrClFNO. The summed E-state index contributed by atoms with van der Waals surface area (Å²) >= 11 is 8.63. The van der Waals surface area contributed by atoms with Crippen molar-refractivity contribution in [1.82, 2.24) is 5.32 Å². The van der Waals surface area contributed by atoms with Gasteiger partial charge in [-0.15, -0.1) is 11.6 Å². The van der Waals surface area contributed by atoms with Gasteiger partial charge in [-0.25, -0.2) is 4.39 Å². The largest absolute Gasteiger partial charge is 0.352 e. The summed E-state index contributed by atoms with van der Waals surface area (Å²) in [5.74, 6) is -0.341. The second-order valence-corrected chi connectivity index (χ2v) is 4.57. The summed E-state index contributed by atoms with van der Waals surface area (Å²) < 4.78 is 14.0. The third-order valence-electron chi connectivity index (χ3n) is 2.02. The number of hydrogen-bond donors (Lipinski definition) is 1. The minimum atomic E-state index is -0.524. The summed E-state index contributed by atoms with van der Waals surface area (Å²) in [5.41, 5.74) is 0.0640. The van der Waals surface area contributed by atoms with Crippen LogP contribution < -0.4 is 5.32 Å². The van der Waals surface area contributed by atoms with E-state index in [1.807, 2.05) is 0 Å². The van der Waals surface area contributed by atoms with E-state index in [1.54, 1.807) is 6.07 Å². The van der Waals surface area contributed by atoms with Crippen molar-refractivity contribution in [3.8, 4) is 0 Å². The van der Waals surface area contributed by atoms with E-state index in [-0.39, 0.29) is 11.5 Å². The molecule has 0 unspecified atom stereocenters. The molecule has 0 aliphatic heterocycles. The van der Waals surface area contributed by atoms with Gasteiger partial charge in [-0.2, -0.15) is 0 Å². The lowest BCUT2D eigenvalue weighted by Crippen LogP contribution is -2.25. The van der Waals surface area contributed by atoms with Crippen LogP contribution in [0.4, 0.5) is 4.39 Å². The van der Waals surface area contributed by atoms with E-state index >= 15 is 0 Å². The summed E-state index contributed by atoms with van der Waals surface area (Å²) in [6, 6.07) is 4.36. The topological polar surface area (TPSA) is 29.1 Å². The van der Waals surface area contributed by atoms with Gasteiger partial charge >= 0.3 is 0 Å². The molecule has 0 saturated carbocycles. The smallest absolute Gasteiger partial charge is 0.254 e. The van der Waals surface area contributed by atoms with Crippen molar-refractivity contribution in [1.29, 1.82) is 0 Å². The monoisotopic (exact) mass is 307 g/mol. The number of amides is 1. The first-order valence-electron chi connectivity index (χ1n) is 4.94. The summed E-state index contributed by atoms with van der Waals surface area (Å²) in [5, 5.41) is 2.64. The number of carbonyl (C=O) groups excluding carboxylic acids is 1. The van der Waals surface area contributed by atoms with Crippen molar-refractivity contribution in [3.63, 3.8) is 0 Å². The predicted molar refractivity (Wildman–Crippen MR) is 66.4 cm³/mol. The van der Waals surface area contributed by atoms with Gasteiger partial charge in [0.1, 0.15) is 5.82 Å². The lowest BCUT2D eigenvalue weighted by Gasteiger charge is -2.05. The first kappa shape index (κ1) is 13.5. The number of rotatable bonds is 5. The van der Waals surface area contributed by atoms with Gasteiger partial charge in [0, 0.05) is 16.9 Å². The van der Waals surface area contributed by atoms with E-state index in [1.165, 1.54) is 12.1 Å². The Bertz CT molecular complexity index is 373. The van der Waals surface area contributed by atoms with Crippen LogP contribution in [-0.2, 0) is 0 Å². The van der Waals surface area contributed by atoms with Gasteiger partial charge in [0.25, 0.3) is 5.91 Å². The highest BCUT2D eigenvalue weighted by Crippen LogP contribution is 2.15. The quantitative estimate of drug-likeness (QED) is 0.656. The Hall–Kier alpha value is -0.610. The maximum absolute atomic E-state index is 13.4. The van der Waals surface area contributed by atoms with Crippen LogP contribution in [0.1, 0.15) is 23.2 Å². The summed E-state index contributed by atoms with van der Waals surface area (Å²) in [6.07, 6.45) is 1.64. The van der Waals surface area contributed by atoms with Gasteiger partial charge in [-0.3, -0.25) is 4.79 Å². The fraction of sp³-hybridized carbons (Fsp3) is 0.364.